The highest BCUT2D eigenvalue weighted by Crippen LogP contribution is 2.17. The Morgan fingerprint density at radius 1 is 1.35 bits per heavy atom. The lowest BCUT2D eigenvalue weighted by Gasteiger charge is -2.09. The molecule has 1 aromatic carbocycles. The van der Waals surface area contributed by atoms with E-state index in [1.165, 1.54) is 6.92 Å². The first-order valence-corrected chi connectivity index (χ1v) is 5.26. The van der Waals surface area contributed by atoms with Crippen LogP contribution in [0.15, 0.2) is 24.3 Å². The number of hydrogen-bond acceptors (Lipinski definition) is 4. The molecule has 0 amide bonds. The summed E-state index contributed by atoms with van der Waals surface area (Å²) in [5.74, 6) is -0.439. The molecule has 0 saturated carbocycles. The number of carbonyl (C=O) groups is 2. The van der Waals surface area contributed by atoms with Crippen LogP contribution < -0.4 is 10.1 Å². The smallest absolute Gasteiger partial charge is 0.317 e. The first kappa shape index (κ1) is 13.2. The fourth-order valence-corrected chi connectivity index (χ4v) is 1.31. The van der Waals surface area contributed by atoms with Gasteiger partial charge in [-0.15, -0.1) is 0 Å². The molecule has 1 rings (SSSR count). The first-order chi connectivity index (χ1) is 8.11. The molecule has 17 heavy (non-hydrogen) atoms. The van der Waals surface area contributed by atoms with Crippen molar-refractivity contribution in [1.82, 2.24) is 5.32 Å². The Labute approximate surface area is 99.4 Å². The molecule has 0 aromatic heterocycles. The number of benzene rings is 1. The van der Waals surface area contributed by atoms with Gasteiger partial charge in [0.15, 0.2) is 5.78 Å². The molecule has 1 aromatic rings. The van der Waals surface area contributed by atoms with Crippen molar-refractivity contribution in [2.45, 2.75) is 6.92 Å². The third kappa shape index (κ3) is 4.65. The lowest BCUT2D eigenvalue weighted by molar-refractivity contribution is -0.135. The lowest BCUT2D eigenvalue weighted by Crippen LogP contribution is -2.27. The van der Waals surface area contributed by atoms with Gasteiger partial charge in [-0.3, -0.25) is 9.59 Å². The van der Waals surface area contributed by atoms with E-state index in [2.05, 4.69) is 5.32 Å². The van der Waals surface area contributed by atoms with E-state index in [0.717, 1.165) is 0 Å². The van der Waals surface area contributed by atoms with Crippen LogP contribution in [0, 0.1) is 0 Å². The van der Waals surface area contributed by atoms with E-state index >= 15 is 0 Å². The second kappa shape index (κ2) is 6.65. The number of ketones is 1. The highest BCUT2D eigenvalue weighted by Gasteiger charge is 2.06. The molecule has 0 atom stereocenters. The van der Waals surface area contributed by atoms with E-state index in [-0.39, 0.29) is 12.3 Å². The van der Waals surface area contributed by atoms with Crippen molar-refractivity contribution < 1.29 is 19.4 Å². The number of carboxylic acid groups (broad SMARTS) is 1. The Balaban J connectivity index is 2.41. The predicted molar refractivity (Wildman–Crippen MR) is 62.4 cm³/mol. The van der Waals surface area contributed by atoms with E-state index in [4.69, 9.17) is 9.84 Å². The van der Waals surface area contributed by atoms with E-state index in [9.17, 15) is 9.59 Å². The van der Waals surface area contributed by atoms with Crippen molar-refractivity contribution in [3.05, 3.63) is 29.8 Å². The summed E-state index contributed by atoms with van der Waals surface area (Å²) in [5, 5.41) is 11.1. The molecule has 0 fully saturated rings. The third-order valence-electron chi connectivity index (χ3n) is 2.08. The second-order valence-corrected chi connectivity index (χ2v) is 3.47. The molecule has 0 aliphatic carbocycles. The molecule has 2 N–H and O–H groups in total. The molecule has 5 nitrogen and oxygen atoms in total. The summed E-state index contributed by atoms with van der Waals surface area (Å²) in [6, 6.07) is 6.97. The number of carbonyl (C=O) groups excluding carboxylic acids is 1. The second-order valence-electron chi connectivity index (χ2n) is 3.47. The summed E-state index contributed by atoms with van der Waals surface area (Å²) >= 11 is 0. The van der Waals surface area contributed by atoms with Crippen LogP contribution in [0.4, 0.5) is 0 Å². The molecule has 0 radical (unpaired) electrons. The zero-order chi connectivity index (χ0) is 12.7. The van der Waals surface area contributed by atoms with Crippen LogP contribution in [0.25, 0.3) is 0 Å². The van der Waals surface area contributed by atoms with Gasteiger partial charge in [0.05, 0.1) is 12.1 Å². The van der Waals surface area contributed by atoms with Crippen molar-refractivity contribution in [3.8, 4) is 5.75 Å². The molecular formula is C12H15NO4. The number of nitrogens with one attached hydrogen (secondary N) is 1. The van der Waals surface area contributed by atoms with Gasteiger partial charge in [0.25, 0.3) is 0 Å². The predicted octanol–water partition coefficient (Wildman–Crippen LogP) is 0.942. The van der Waals surface area contributed by atoms with Gasteiger partial charge < -0.3 is 15.2 Å². The minimum absolute atomic E-state index is 0.0564. The van der Waals surface area contributed by atoms with Crippen LogP contribution in [-0.2, 0) is 4.79 Å². The molecule has 0 bridgehead atoms. The molecule has 0 spiro atoms. The Kier molecular flexibility index (Phi) is 5.16. The van der Waals surface area contributed by atoms with Crippen molar-refractivity contribution in [2.75, 3.05) is 19.7 Å². The fraction of sp³-hybridized carbons (Fsp3) is 0.333. The van der Waals surface area contributed by atoms with Crippen molar-refractivity contribution >= 4 is 11.8 Å². The Bertz CT molecular complexity index is 403. The average Bonchev–Trinajstić information content (AvgIpc) is 2.28. The van der Waals surface area contributed by atoms with Crippen LogP contribution in [0.2, 0.25) is 0 Å². The minimum atomic E-state index is -0.908. The minimum Gasteiger partial charge on any atom is -0.492 e. The molecule has 5 heteroatoms. The number of ether oxygens (including phenoxy) is 1. The summed E-state index contributed by atoms with van der Waals surface area (Å²) in [6.45, 7) is 2.11. The highest BCUT2D eigenvalue weighted by atomic mass is 16.5. The van der Waals surface area contributed by atoms with E-state index in [1.807, 2.05) is 0 Å². The maximum atomic E-state index is 11.3. The zero-order valence-corrected chi connectivity index (χ0v) is 9.60. The molecular weight excluding hydrogens is 222 g/mol. The van der Waals surface area contributed by atoms with E-state index in [0.29, 0.717) is 24.5 Å². The normalized spacial score (nSPS) is 9.94. The quantitative estimate of drug-likeness (QED) is 0.545. The van der Waals surface area contributed by atoms with E-state index < -0.39 is 5.97 Å². The third-order valence-corrected chi connectivity index (χ3v) is 2.08. The number of carboxylic acids is 1. The Hall–Kier alpha value is -1.88. The zero-order valence-electron chi connectivity index (χ0n) is 9.60. The summed E-state index contributed by atoms with van der Waals surface area (Å²) in [4.78, 5) is 21.5. The summed E-state index contributed by atoms with van der Waals surface area (Å²) in [6.07, 6.45) is 0. The number of para-hydroxylation sites is 1. The molecule has 0 unspecified atom stereocenters. The standard InChI is InChI=1S/C12H15NO4/c1-9(14)10-4-2-3-5-11(10)17-7-6-13-8-12(15)16/h2-5,13H,6-8H2,1H3,(H,15,16). The SMILES string of the molecule is CC(=O)c1ccccc1OCCNCC(=O)O. The van der Waals surface area contributed by atoms with Gasteiger partial charge >= 0.3 is 5.97 Å². The van der Waals surface area contributed by atoms with Gasteiger partial charge in [0.2, 0.25) is 0 Å². The summed E-state index contributed by atoms with van der Waals surface area (Å²) < 4.78 is 5.40. The van der Waals surface area contributed by atoms with Crippen molar-refractivity contribution in [1.29, 1.82) is 0 Å². The van der Waals surface area contributed by atoms with Gasteiger partial charge in [-0.1, -0.05) is 12.1 Å². The first-order valence-electron chi connectivity index (χ1n) is 5.26. The average molecular weight is 237 g/mol. The number of Topliss-reactive ketones (excluding diaryl/α,β-unsaturated/α-hetero) is 1. The van der Waals surface area contributed by atoms with Crippen LogP contribution in [0.5, 0.6) is 5.75 Å². The van der Waals surface area contributed by atoms with Crippen LogP contribution in [0.1, 0.15) is 17.3 Å². The van der Waals surface area contributed by atoms with Gasteiger partial charge in [0, 0.05) is 6.54 Å². The monoisotopic (exact) mass is 237 g/mol. The summed E-state index contributed by atoms with van der Waals surface area (Å²) in [7, 11) is 0. The maximum Gasteiger partial charge on any atom is 0.317 e. The fourth-order valence-electron chi connectivity index (χ4n) is 1.31. The summed E-state index contributed by atoms with van der Waals surface area (Å²) in [5.41, 5.74) is 0.533. The topological polar surface area (TPSA) is 75.6 Å². The van der Waals surface area contributed by atoms with Crippen molar-refractivity contribution in [2.24, 2.45) is 0 Å². The van der Waals surface area contributed by atoms with Crippen molar-refractivity contribution in [3.63, 3.8) is 0 Å². The molecule has 0 saturated heterocycles. The van der Waals surface area contributed by atoms with E-state index in [1.54, 1.807) is 24.3 Å². The largest absolute Gasteiger partial charge is 0.492 e. The van der Waals surface area contributed by atoms with Gasteiger partial charge in [-0.25, -0.2) is 0 Å². The van der Waals surface area contributed by atoms with Gasteiger partial charge in [-0.2, -0.15) is 0 Å². The Morgan fingerprint density at radius 3 is 2.71 bits per heavy atom. The number of rotatable bonds is 7. The lowest BCUT2D eigenvalue weighted by atomic mass is 10.1. The molecule has 92 valence electrons. The molecule has 0 heterocycles. The van der Waals surface area contributed by atoms with Gasteiger partial charge in [-0.05, 0) is 19.1 Å². The van der Waals surface area contributed by atoms with Crippen LogP contribution in [0.3, 0.4) is 0 Å². The maximum absolute atomic E-state index is 11.3. The van der Waals surface area contributed by atoms with Gasteiger partial charge in [0.1, 0.15) is 12.4 Å². The molecule has 0 aliphatic rings. The number of aliphatic carboxylic acids is 1. The molecule has 0 aliphatic heterocycles. The number of hydrogen-bond donors (Lipinski definition) is 2. The van der Waals surface area contributed by atoms with Crippen LogP contribution >= 0.6 is 0 Å². The highest BCUT2D eigenvalue weighted by molar-refractivity contribution is 5.96. The Morgan fingerprint density at radius 2 is 2.06 bits per heavy atom. The van der Waals surface area contributed by atoms with Crippen LogP contribution in [-0.4, -0.2) is 36.6 Å².